The van der Waals surface area contributed by atoms with Crippen molar-refractivity contribution in [3.63, 3.8) is 0 Å². The molecule has 3 heterocycles. The molecule has 6 nitrogen and oxygen atoms in total. The molecule has 0 spiro atoms. The molecule has 0 aliphatic carbocycles. The third-order valence-electron chi connectivity index (χ3n) is 3.47. The lowest BCUT2D eigenvalue weighted by molar-refractivity contribution is 0.846. The Balaban J connectivity index is 1.92. The van der Waals surface area contributed by atoms with Gasteiger partial charge in [-0.15, -0.1) is 0 Å². The third-order valence-corrected chi connectivity index (χ3v) is 3.47. The van der Waals surface area contributed by atoms with E-state index in [2.05, 4.69) is 36.7 Å². The fourth-order valence-electron chi connectivity index (χ4n) is 2.23. The van der Waals surface area contributed by atoms with E-state index in [0.29, 0.717) is 12.4 Å². The van der Waals surface area contributed by atoms with Gasteiger partial charge < -0.3 is 4.90 Å². The summed E-state index contributed by atoms with van der Waals surface area (Å²) < 4.78 is 0. The van der Waals surface area contributed by atoms with Crippen molar-refractivity contribution in [2.24, 2.45) is 0 Å². The monoisotopic (exact) mass is 306 g/mol. The van der Waals surface area contributed by atoms with Crippen LogP contribution in [0.2, 0.25) is 0 Å². The standard InChI is InChI=1S/C17H18N6/c1-3-14-10-16(23(2)12-15-11-19-8-9-20-15)22-17(21-14)13-4-6-18-7-5-13/h4-11H,3,12H2,1-2H3. The van der Waals surface area contributed by atoms with Gasteiger partial charge in [-0.05, 0) is 18.6 Å². The molecule has 0 fully saturated rings. The summed E-state index contributed by atoms with van der Waals surface area (Å²) in [5, 5.41) is 0. The Labute approximate surface area is 135 Å². The van der Waals surface area contributed by atoms with Crippen molar-refractivity contribution < 1.29 is 0 Å². The number of nitrogens with zero attached hydrogens (tertiary/aromatic N) is 6. The fraction of sp³-hybridized carbons (Fsp3) is 0.235. The predicted molar refractivity (Wildman–Crippen MR) is 88.8 cm³/mol. The fourth-order valence-corrected chi connectivity index (χ4v) is 2.23. The van der Waals surface area contributed by atoms with Gasteiger partial charge in [0.05, 0.1) is 18.4 Å². The first-order valence-corrected chi connectivity index (χ1v) is 7.50. The van der Waals surface area contributed by atoms with Gasteiger partial charge in [0.1, 0.15) is 5.82 Å². The quantitative estimate of drug-likeness (QED) is 0.721. The molecule has 0 aliphatic rings. The molecule has 0 N–H and O–H groups in total. The second-order valence-corrected chi connectivity index (χ2v) is 5.18. The van der Waals surface area contributed by atoms with E-state index in [1.54, 1.807) is 31.0 Å². The molecule has 0 aromatic carbocycles. The highest BCUT2D eigenvalue weighted by Crippen LogP contribution is 2.20. The van der Waals surface area contributed by atoms with Crippen molar-refractivity contribution in [1.29, 1.82) is 0 Å². The Hall–Kier alpha value is -2.89. The summed E-state index contributed by atoms with van der Waals surface area (Å²) >= 11 is 0. The van der Waals surface area contributed by atoms with Gasteiger partial charge >= 0.3 is 0 Å². The van der Waals surface area contributed by atoms with Crippen LogP contribution in [0.15, 0.2) is 49.2 Å². The van der Waals surface area contributed by atoms with E-state index in [9.17, 15) is 0 Å². The van der Waals surface area contributed by atoms with E-state index in [4.69, 9.17) is 0 Å². The third kappa shape index (κ3) is 3.66. The number of anilines is 1. The molecule has 116 valence electrons. The molecule has 0 saturated heterocycles. The van der Waals surface area contributed by atoms with Crippen LogP contribution in [0.4, 0.5) is 5.82 Å². The summed E-state index contributed by atoms with van der Waals surface area (Å²) in [6.07, 6.45) is 9.49. The van der Waals surface area contributed by atoms with Crippen molar-refractivity contribution >= 4 is 5.82 Å². The maximum Gasteiger partial charge on any atom is 0.161 e. The molecule has 0 bridgehead atoms. The molecule has 0 atom stereocenters. The molecular weight excluding hydrogens is 288 g/mol. The summed E-state index contributed by atoms with van der Waals surface area (Å²) in [5.41, 5.74) is 2.87. The second kappa shape index (κ2) is 6.91. The van der Waals surface area contributed by atoms with E-state index in [-0.39, 0.29) is 0 Å². The van der Waals surface area contributed by atoms with Gasteiger partial charge in [-0.3, -0.25) is 15.0 Å². The number of hydrogen-bond acceptors (Lipinski definition) is 6. The van der Waals surface area contributed by atoms with Crippen molar-refractivity contribution in [3.05, 3.63) is 60.6 Å². The highest BCUT2D eigenvalue weighted by Gasteiger charge is 2.10. The van der Waals surface area contributed by atoms with Crippen molar-refractivity contribution in [2.45, 2.75) is 19.9 Å². The molecule has 3 aromatic heterocycles. The van der Waals surface area contributed by atoms with Gasteiger partial charge in [-0.2, -0.15) is 0 Å². The highest BCUT2D eigenvalue weighted by atomic mass is 15.2. The summed E-state index contributed by atoms with van der Waals surface area (Å²) in [6.45, 7) is 2.73. The second-order valence-electron chi connectivity index (χ2n) is 5.18. The zero-order chi connectivity index (χ0) is 16.1. The summed E-state index contributed by atoms with van der Waals surface area (Å²) in [5.74, 6) is 1.59. The molecule has 23 heavy (non-hydrogen) atoms. The highest BCUT2D eigenvalue weighted by molar-refractivity contribution is 5.57. The first-order chi connectivity index (χ1) is 11.3. The average molecular weight is 306 g/mol. The van der Waals surface area contributed by atoms with Gasteiger partial charge in [0.2, 0.25) is 0 Å². The molecule has 0 aliphatic heterocycles. The maximum absolute atomic E-state index is 4.69. The van der Waals surface area contributed by atoms with Gasteiger partial charge in [0.25, 0.3) is 0 Å². The lowest BCUT2D eigenvalue weighted by Crippen LogP contribution is -2.19. The number of aryl methyl sites for hydroxylation is 1. The van der Waals surface area contributed by atoms with Crippen molar-refractivity contribution in [3.8, 4) is 11.4 Å². The van der Waals surface area contributed by atoms with Crippen LogP contribution in [0.5, 0.6) is 0 Å². The molecule has 0 saturated carbocycles. The van der Waals surface area contributed by atoms with E-state index in [1.165, 1.54) is 0 Å². The van der Waals surface area contributed by atoms with Crippen molar-refractivity contribution in [2.75, 3.05) is 11.9 Å². The minimum Gasteiger partial charge on any atom is -0.354 e. The summed E-state index contributed by atoms with van der Waals surface area (Å²) in [6, 6.07) is 5.85. The maximum atomic E-state index is 4.69. The lowest BCUT2D eigenvalue weighted by Gasteiger charge is -2.19. The van der Waals surface area contributed by atoms with Crippen LogP contribution in [0.3, 0.4) is 0 Å². The number of hydrogen-bond donors (Lipinski definition) is 0. The molecule has 6 heteroatoms. The van der Waals surface area contributed by atoms with Gasteiger partial charge in [0.15, 0.2) is 5.82 Å². The first-order valence-electron chi connectivity index (χ1n) is 7.50. The van der Waals surface area contributed by atoms with Crippen LogP contribution in [0.1, 0.15) is 18.3 Å². The Morgan fingerprint density at radius 2 is 1.78 bits per heavy atom. The summed E-state index contributed by atoms with van der Waals surface area (Å²) in [7, 11) is 1.99. The smallest absolute Gasteiger partial charge is 0.161 e. The van der Waals surface area contributed by atoms with Crippen LogP contribution in [0.25, 0.3) is 11.4 Å². The summed E-state index contributed by atoms with van der Waals surface area (Å²) in [4.78, 5) is 23.8. The molecule has 3 rings (SSSR count). The van der Waals surface area contributed by atoms with E-state index >= 15 is 0 Å². The van der Waals surface area contributed by atoms with E-state index in [1.807, 2.05) is 25.2 Å². The molecule has 3 aromatic rings. The van der Waals surface area contributed by atoms with Crippen molar-refractivity contribution in [1.82, 2.24) is 24.9 Å². The molecule has 0 unspecified atom stereocenters. The average Bonchev–Trinajstić information content (AvgIpc) is 2.63. The van der Waals surface area contributed by atoms with Gasteiger partial charge in [-0.1, -0.05) is 6.92 Å². The van der Waals surface area contributed by atoms with Gasteiger partial charge in [-0.25, -0.2) is 9.97 Å². The Kier molecular flexibility index (Phi) is 4.52. The van der Waals surface area contributed by atoms with Crippen LogP contribution in [-0.2, 0) is 13.0 Å². The Morgan fingerprint density at radius 1 is 0.957 bits per heavy atom. The zero-order valence-electron chi connectivity index (χ0n) is 13.2. The predicted octanol–water partition coefficient (Wildman–Crippen LogP) is 2.53. The Morgan fingerprint density at radius 3 is 2.48 bits per heavy atom. The lowest BCUT2D eigenvalue weighted by atomic mass is 10.2. The van der Waals surface area contributed by atoms with Crippen LogP contribution < -0.4 is 4.90 Å². The first kappa shape index (κ1) is 15.0. The van der Waals surface area contributed by atoms with E-state index < -0.39 is 0 Å². The number of pyridine rings is 1. The Bertz CT molecular complexity index is 761. The zero-order valence-corrected chi connectivity index (χ0v) is 13.2. The van der Waals surface area contributed by atoms with Gasteiger partial charge in [0, 0.05) is 49.2 Å². The molecular formula is C17H18N6. The largest absolute Gasteiger partial charge is 0.354 e. The van der Waals surface area contributed by atoms with Crippen LogP contribution in [0, 0.1) is 0 Å². The number of rotatable bonds is 5. The van der Waals surface area contributed by atoms with Crippen LogP contribution in [-0.4, -0.2) is 32.0 Å². The number of aromatic nitrogens is 5. The minimum atomic E-state index is 0.643. The minimum absolute atomic E-state index is 0.643. The van der Waals surface area contributed by atoms with E-state index in [0.717, 1.165) is 29.2 Å². The molecule has 0 amide bonds. The van der Waals surface area contributed by atoms with Crippen LogP contribution >= 0.6 is 0 Å². The SMILES string of the molecule is CCc1cc(N(C)Cc2cnccn2)nc(-c2ccncc2)n1. The molecule has 0 radical (unpaired) electrons. The normalized spacial score (nSPS) is 10.5. The topological polar surface area (TPSA) is 67.7 Å².